The molecule has 6 heteroatoms. The van der Waals surface area contributed by atoms with Crippen molar-refractivity contribution in [2.75, 3.05) is 0 Å². The molecule has 0 aromatic heterocycles. The summed E-state index contributed by atoms with van der Waals surface area (Å²) in [6.45, 7) is 0. The molecular formula is C6H4Cl2O2S2. The van der Waals surface area contributed by atoms with Crippen molar-refractivity contribution in [1.82, 2.24) is 0 Å². The van der Waals surface area contributed by atoms with E-state index >= 15 is 0 Å². The van der Waals surface area contributed by atoms with Crippen LogP contribution in [0, 0.1) is 0 Å². The van der Waals surface area contributed by atoms with Crippen LogP contribution in [0.2, 0.25) is 0 Å². The van der Waals surface area contributed by atoms with Gasteiger partial charge >= 0.3 is 0 Å². The molecule has 0 fully saturated rings. The Morgan fingerprint density at radius 3 is 2.50 bits per heavy atom. The fraction of sp³-hybridized carbons (Fsp3) is 0. The van der Waals surface area contributed by atoms with E-state index in [1.807, 2.05) is 0 Å². The third kappa shape index (κ3) is 2.55. The second-order valence-electron chi connectivity index (χ2n) is 1.99. The summed E-state index contributed by atoms with van der Waals surface area (Å²) in [5.41, 5.74) is 0. The van der Waals surface area contributed by atoms with Crippen LogP contribution in [0.1, 0.15) is 0 Å². The first kappa shape index (κ1) is 10.2. The number of rotatable bonds is 2. The Morgan fingerprint density at radius 2 is 2.00 bits per heavy atom. The van der Waals surface area contributed by atoms with Crippen molar-refractivity contribution in [1.29, 1.82) is 0 Å². The van der Waals surface area contributed by atoms with E-state index in [2.05, 4.69) is 0 Å². The highest BCUT2D eigenvalue weighted by atomic mass is 35.7. The standard InChI is InChI=1S/C6H4Cl2O2S2/c7-11-5-2-1-3-6(4-5)12(8,9)10/h1-4H. The van der Waals surface area contributed by atoms with Crippen LogP contribution in [-0.2, 0) is 9.05 Å². The Morgan fingerprint density at radius 1 is 1.33 bits per heavy atom. The first-order valence-corrected chi connectivity index (χ1v) is 6.82. The van der Waals surface area contributed by atoms with Gasteiger partial charge in [-0.25, -0.2) is 8.42 Å². The molecule has 1 aromatic rings. The van der Waals surface area contributed by atoms with Crippen LogP contribution in [0.5, 0.6) is 0 Å². The molecule has 0 bridgehead atoms. The zero-order valence-corrected chi connectivity index (χ0v) is 8.84. The summed E-state index contributed by atoms with van der Waals surface area (Å²) in [7, 11) is 7.85. The second kappa shape index (κ2) is 3.87. The van der Waals surface area contributed by atoms with Crippen molar-refractivity contribution in [3.8, 4) is 0 Å². The normalized spacial score (nSPS) is 11.5. The largest absolute Gasteiger partial charge is 0.261 e. The van der Waals surface area contributed by atoms with Gasteiger partial charge in [0.15, 0.2) is 0 Å². The maximum atomic E-state index is 10.8. The average molecular weight is 243 g/mol. The molecule has 0 atom stereocenters. The molecule has 0 aliphatic heterocycles. The molecule has 12 heavy (non-hydrogen) atoms. The van der Waals surface area contributed by atoms with Crippen LogP contribution in [-0.4, -0.2) is 8.42 Å². The van der Waals surface area contributed by atoms with E-state index in [9.17, 15) is 8.42 Å². The summed E-state index contributed by atoms with van der Waals surface area (Å²) in [5, 5.41) is 0. The van der Waals surface area contributed by atoms with Crippen molar-refractivity contribution in [2.45, 2.75) is 9.79 Å². The Balaban J connectivity index is 3.20. The fourth-order valence-corrected chi connectivity index (χ4v) is 2.13. The molecule has 0 spiro atoms. The summed E-state index contributed by atoms with van der Waals surface area (Å²) >= 11 is 0. The van der Waals surface area contributed by atoms with Gasteiger partial charge in [0.1, 0.15) is 0 Å². The first-order chi connectivity index (χ1) is 5.54. The summed E-state index contributed by atoms with van der Waals surface area (Å²) in [5.74, 6) is 0. The lowest BCUT2D eigenvalue weighted by atomic mass is 10.4. The van der Waals surface area contributed by atoms with E-state index in [1.165, 1.54) is 12.1 Å². The van der Waals surface area contributed by atoms with Crippen LogP contribution >= 0.6 is 32.3 Å². The molecule has 1 rings (SSSR count). The molecule has 0 N–H and O–H groups in total. The zero-order chi connectivity index (χ0) is 9.19. The van der Waals surface area contributed by atoms with Gasteiger partial charge in [0.05, 0.1) is 4.90 Å². The number of benzene rings is 1. The predicted molar refractivity (Wildman–Crippen MR) is 51.2 cm³/mol. The third-order valence-corrected chi connectivity index (χ3v) is 3.49. The van der Waals surface area contributed by atoms with Gasteiger partial charge in [-0.1, -0.05) is 6.07 Å². The van der Waals surface area contributed by atoms with Crippen LogP contribution in [0.25, 0.3) is 0 Å². The lowest BCUT2D eigenvalue weighted by molar-refractivity contribution is 0.609. The highest BCUT2D eigenvalue weighted by Gasteiger charge is 2.09. The van der Waals surface area contributed by atoms with Crippen molar-refractivity contribution in [3.05, 3.63) is 24.3 Å². The average Bonchev–Trinajstić information content (AvgIpc) is 2.03. The lowest BCUT2D eigenvalue weighted by Gasteiger charge is -1.96. The smallest absolute Gasteiger partial charge is 0.207 e. The molecule has 66 valence electrons. The molecule has 0 aliphatic carbocycles. The van der Waals surface area contributed by atoms with Crippen molar-refractivity contribution >= 4 is 41.4 Å². The molecular weight excluding hydrogens is 239 g/mol. The highest BCUT2D eigenvalue weighted by Crippen LogP contribution is 2.25. The van der Waals surface area contributed by atoms with Crippen molar-refractivity contribution in [3.63, 3.8) is 0 Å². The Hall–Kier alpha value is 0.1000. The maximum absolute atomic E-state index is 10.8. The van der Waals surface area contributed by atoms with Crippen molar-refractivity contribution in [2.24, 2.45) is 0 Å². The molecule has 0 saturated heterocycles. The summed E-state index contributed by atoms with van der Waals surface area (Å²) in [6.07, 6.45) is 0. The molecule has 0 radical (unpaired) electrons. The molecule has 1 aromatic carbocycles. The van der Waals surface area contributed by atoms with E-state index in [4.69, 9.17) is 21.4 Å². The molecule has 0 amide bonds. The fourth-order valence-electron chi connectivity index (χ4n) is 0.674. The Labute approximate surface area is 83.8 Å². The van der Waals surface area contributed by atoms with E-state index in [1.54, 1.807) is 12.1 Å². The molecule has 0 saturated carbocycles. The molecule has 2 nitrogen and oxygen atoms in total. The van der Waals surface area contributed by atoms with Gasteiger partial charge in [0, 0.05) is 15.6 Å². The summed E-state index contributed by atoms with van der Waals surface area (Å²) in [6, 6.07) is 6.11. The van der Waals surface area contributed by atoms with Gasteiger partial charge in [0.25, 0.3) is 9.05 Å². The van der Waals surface area contributed by atoms with Gasteiger partial charge in [-0.15, -0.1) is 0 Å². The van der Waals surface area contributed by atoms with E-state index in [-0.39, 0.29) is 4.90 Å². The quantitative estimate of drug-likeness (QED) is 0.749. The van der Waals surface area contributed by atoms with Crippen LogP contribution in [0.15, 0.2) is 34.1 Å². The van der Waals surface area contributed by atoms with Gasteiger partial charge in [-0.2, -0.15) is 0 Å². The number of hydrogen-bond acceptors (Lipinski definition) is 3. The molecule has 0 unspecified atom stereocenters. The lowest BCUT2D eigenvalue weighted by Crippen LogP contribution is -1.89. The SMILES string of the molecule is O=S(=O)(Cl)c1cccc(SCl)c1. The third-order valence-electron chi connectivity index (χ3n) is 1.18. The van der Waals surface area contributed by atoms with Gasteiger partial charge < -0.3 is 0 Å². The summed E-state index contributed by atoms with van der Waals surface area (Å²) in [4.78, 5) is 0.716. The highest BCUT2D eigenvalue weighted by molar-refractivity contribution is 8.21. The van der Waals surface area contributed by atoms with Gasteiger partial charge in [-0.3, -0.25) is 0 Å². The molecule has 0 heterocycles. The number of hydrogen-bond donors (Lipinski definition) is 0. The minimum Gasteiger partial charge on any atom is -0.207 e. The van der Waals surface area contributed by atoms with E-state index < -0.39 is 9.05 Å². The van der Waals surface area contributed by atoms with Crippen LogP contribution < -0.4 is 0 Å². The van der Waals surface area contributed by atoms with Crippen LogP contribution in [0.3, 0.4) is 0 Å². The monoisotopic (exact) mass is 242 g/mol. The van der Waals surface area contributed by atoms with E-state index in [0.29, 0.717) is 4.90 Å². The maximum Gasteiger partial charge on any atom is 0.261 e. The first-order valence-electron chi connectivity index (χ1n) is 2.87. The minimum absolute atomic E-state index is 0.0646. The van der Waals surface area contributed by atoms with Gasteiger partial charge in [0.2, 0.25) is 0 Å². The number of halogens is 2. The molecule has 0 aliphatic rings. The summed E-state index contributed by atoms with van der Waals surface area (Å²) < 4.78 is 21.6. The minimum atomic E-state index is -3.64. The Bertz CT molecular complexity index is 375. The zero-order valence-electron chi connectivity index (χ0n) is 5.70. The Kier molecular flexibility index (Phi) is 3.29. The van der Waals surface area contributed by atoms with Gasteiger partial charge in [-0.05, 0) is 39.9 Å². The van der Waals surface area contributed by atoms with Crippen molar-refractivity contribution < 1.29 is 8.42 Å². The van der Waals surface area contributed by atoms with Crippen LogP contribution in [0.4, 0.5) is 0 Å². The topological polar surface area (TPSA) is 34.1 Å². The second-order valence-corrected chi connectivity index (χ2v) is 5.64. The van der Waals surface area contributed by atoms with E-state index in [0.717, 1.165) is 11.0 Å². The predicted octanol–water partition coefficient (Wildman–Crippen LogP) is 2.86.